The number of aliphatic hydroxyl groups is 1. The molecule has 0 saturated carbocycles. The Balaban J connectivity index is 2.10. The first-order valence-corrected chi connectivity index (χ1v) is 4.82. The van der Waals surface area contributed by atoms with Crippen LogP contribution in [-0.4, -0.2) is 24.3 Å². The van der Waals surface area contributed by atoms with Crippen molar-refractivity contribution in [3.8, 4) is 0 Å². The number of allylic oxidation sites excluding steroid dienone is 2. The average molecular weight is 169 g/mol. The Labute approximate surface area is 74.7 Å². The molecule has 0 heterocycles. The fourth-order valence-corrected chi connectivity index (χ4v) is 1.47. The second kappa shape index (κ2) is 5.33. The van der Waals surface area contributed by atoms with E-state index in [1.165, 1.54) is 19.3 Å². The van der Waals surface area contributed by atoms with E-state index in [1.807, 2.05) is 6.92 Å². The van der Waals surface area contributed by atoms with Gasteiger partial charge in [0.05, 0.1) is 6.61 Å². The minimum atomic E-state index is 0.239. The molecule has 0 spiro atoms. The van der Waals surface area contributed by atoms with Crippen LogP contribution in [0.3, 0.4) is 0 Å². The largest absolute Gasteiger partial charge is 0.395 e. The molecule has 0 aromatic carbocycles. The molecule has 0 bridgehead atoms. The summed E-state index contributed by atoms with van der Waals surface area (Å²) in [6, 6.07) is 0.246. The molecule has 1 rings (SSSR count). The van der Waals surface area contributed by atoms with Gasteiger partial charge in [-0.25, -0.2) is 0 Å². The van der Waals surface area contributed by atoms with Crippen molar-refractivity contribution in [3.05, 3.63) is 12.2 Å². The van der Waals surface area contributed by atoms with E-state index in [0.717, 1.165) is 12.5 Å². The normalized spacial score (nSPS) is 25.7. The summed E-state index contributed by atoms with van der Waals surface area (Å²) in [5, 5.41) is 12.1. The van der Waals surface area contributed by atoms with Crippen molar-refractivity contribution in [2.75, 3.05) is 13.2 Å². The summed E-state index contributed by atoms with van der Waals surface area (Å²) in [5.41, 5.74) is 0. The Morgan fingerprint density at radius 2 is 2.42 bits per heavy atom. The van der Waals surface area contributed by atoms with Crippen molar-refractivity contribution in [3.63, 3.8) is 0 Å². The Bertz CT molecular complexity index is 145. The summed E-state index contributed by atoms with van der Waals surface area (Å²) in [6.45, 7) is 3.30. The van der Waals surface area contributed by atoms with E-state index in [4.69, 9.17) is 5.11 Å². The predicted molar refractivity (Wildman–Crippen MR) is 51.0 cm³/mol. The lowest BCUT2D eigenvalue weighted by Gasteiger charge is -2.20. The smallest absolute Gasteiger partial charge is 0.0581 e. The van der Waals surface area contributed by atoms with Gasteiger partial charge in [-0.05, 0) is 38.6 Å². The van der Waals surface area contributed by atoms with Crippen molar-refractivity contribution in [2.24, 2.45) is 5.92 Å². The maximum Gasteiger partial charge on any atom is 0.0581 e. The van der Waals surface area contributed by atoms with Crippen LogP contribution in [0.15, 0.2) is 12.2 Å². The van der Waals surface area contributed by atoms with Crippen LogP contribution in [0.25, 0.3) is 0 Å². The molecule has 1 aliphatic carbocycles. The molecular weight excluding hydrogens is 150 g/mol. The molecule has 2 atom stereocenters. The molecule has 70 valence electrons. The third-order valence-electron chi connectivity index (χ3n) is 2.41. The molecule has 1 aliphatic rings. The summed E-state index contributed by atoms with van der Waals surface area (Å²) in [7, 11) is 0. The van der Waals surface area contributed by atoms with Crippen LogP contribution < -0.4 is 5.32 Å². The zero-order valence-corrected chi connectivity index (χ0v) is 7.79. The van der Waals surface area contributed by atoms with Crippen molar-refractivity contribution in [2.45, 2.75) is 32.2 Å². The third kappa shape index (κ3) is 3.37. The molecule has 2 heteroatoms. The number of hydrogen-bond acceptors (Lipinski definition) is 2. The van der Waals surface area contributed by atoms with Gasteiger partial charge in [0.1, 0.15) is 0 Å². The molecular formula is C10H19NO. The van der Waals surface area contributed by atoms with Crippen molar-refractivity contribution in [1.29, 1.82) is 0 Å². The molecule has 0 fully saturated rings. The molecule has 0 aromatic heterocycles. The highest BCUT2D eigenvalue weighted by Gasteiger charge is 2.10. The van der Waals surface area contributed by atoms with Crippen LogP contribution in [0.5, 0.6) is 0 Å². The molecule has 0 radical (unpaired) electrons. The predicted octanol–water partition coefficient (Wildman–Crippen LogP) is 1.31. The SMILES string of the molecule is C[C@@H](CO)NC[C@H]1CC=CCC1. The highest BCUT2D eigenvalue weighted by atomic mass is 16.3. The maximum atomic E-state index is 8.79. The van der Waals surface area contributed by atoms with Gasteiger partial charge in [0.2, 0.25) is 0 Å². The second-order valence-electron chi connectivity index (χ2n) is 3.64. The minimum Gasteiger partial charge on any atom is -0.395 e. The molecule has 0 saturated heterocycles. The number of hydrogen-bond donors (Lipinski definition) is 2. The van der Waals surface area contributed by atoms with E-state index in [-0.39, 0.29) is 12.6 Å². The van der Waals surface area contributed by atoms with Gasteiger partial charge in [-0.3, -0.25) is 0 Å². The standard InChI is InChI=1S/C10H19NO/c1-9(8-12)11-7-10-5-3-2-4-6-10/h2-3,9-12H,4-8H2,1H3/t9-,10-/m0/s1. The second-order valence-corrected chi connectivity index (χ2v) is 3.64. The zero-order valence-electron chi connectivity index (χ0n) is 7.79. The van der Waals surface area contributed by atoms with Gasteiger partial charge in [0, 0.05) is 6.04 Å². The first-order chi connectivity index (χ1) is 5.83. The van der Waals surface area contributed by atoms with Crippen LogP contribution in [0.2, 0.25) is 0 Å². The summed E-state index contributed by atoms with van der Waals surface area (Å²) in [5.74, 6) is 0.781. The average Bonchev–Trinajstić information content (AvgIpc) is 2.16. The first-order valence-electron chi connectivity index (χ1n) is 4.82. The topological polar surface area (TPSA) is 32.3 Å². The Morgan fingerprint density at radius 1 is 1.58 bits per heavy atom. The van der Waals surface area contributed by atoms with Crippen LogP contribution in [0.1, 0.15) is 26.2 Å². The van der Waals surface area contributed by atoms with Crippen LogP contribution >= 0.6 is 0 Å². The highest BCUT2D eigenvalue weighted by Crippen LogP contribution is 2.16. The molecule has 0 amide bonds. The quantitative estimate of drug-likeness (QED) is 0.622. The molecule has 0 aliphatic heterocycles. The monoisotopic (exact) mass is 169 g/mol. The van der Waals surface area contributed by atoms with Gasteiger partial charge in [-0.2, -0.15) is 0 Å². The molecule has 0 aromatic rings. The van der Waals surface area contributed by atoms with Crippen LogP contribution in [0, 0.1) is 5.92 Å². The fourth-order valence-electron chi connectivity index (χ4n) is 1.47. The summed E-state index contributed by atoms with van der Waals surface area (Å²) >= 11 is 0. The van der Waals surface area contributed by atoms with Gasteiger partial charge in [0.25, 0.3) is 0 Å². The lowest BCUT2D eigenvalue weighted by Crippen LogP contribution is -2.33. The summed E-state index contributed by atoms with van der Waals surface area (Å²) < 4.78 is 0. The van der Waals surface area contributed by atoms with E-state index in [1.54, 1.807) is 0 Å². The van der Waals surface area contributed by atoms with Crippen LogP contribution in [0.4, 0.5) is 0 Å². The van der Waals surface area contributed by atoms with E-state index < -0.39 is 0 Å². The molecule has 2 N–H and O–H groups in total. The van der Waals surface area contributed by atoms with Gasteiger partial charge < -0.3 is 10.4 Å². The highest BCUT2D eigenvalue weighted by molar-refractivity contribution is 4.90. The number of rotatable bonds is 4. The molecule has 2 nitrogen and oxygen atoms in total. The third-order valence-corrected chi connectivity index (χ3v) is 2.41. The summed E-state index contributed by atoms with van der Waals surface area (Å²) in [6.07, 6.45) is 8.23. The fraction of sp³-hybridized carbons (Fsp3) is 0.800. The van der Waals surface area contributed by atoms with Gasteiger partial charge >= 0.3 is 0 Å². The Morgan fingerprint density at radius 3 is 3.00 bits per heavy atom. The van der Waals surface area contributed by atoms with Gasteiger partial charge in [0.15, 0.2) is 0 Å². The Kier molecular flexibility index (Phi) is 4.33. The van der Waals surface area contributed by atoms with E-state index in [9.17, 15) is 0 Å². The minimum absolute atomic E-state index is 0.239. The van der Waals surface area contributed by atoms with Gasteiger partial charge in [-0.15, -0.1) is 0 Å². The van der Waals surface area contributed by atoms with E-state index >= 15 is 0 Å². The maximum absolute atomic E-state index is 8.79. The first kappa shape index (κ1) is 9.75. The molecule has 0 unspecified atom stereocenters. The van der Waals surface area contributed by atoms with E-state index in [0.29, 0.717) is 0 Å². The number of aliphatic hydroxyl groups excluding tert-OH is 1. The number of nitrogens with one attached hydrogen (secondary N) is 1. The lowest BCUT2D eigenvalue weighted by molar-refractivity contribution is 0.244. The molecule has 12 heavy (non-hydrogen) atoms. The lowest BCUT2D eigenvalue weighted by atomic mass is 9.94. The van der Waals surface area contributed by atoms with E-state index in [2.05, 4.69) is 17.5 Å². The Hall–Kier alpha value is -0.340. The van der Waals surface area contributed by atoms with Crippen molar-refractivity contribution in [1.82, 2.24) is 5.32 Å². The van der Waals surface area contributed by atoms with Crippen molar-refractivity contribution < 1.29 is 5.11 Å². The van der Waals surface area contributed by atoms with Crippen LogP contribution in [-0.2, 0) is 0 Å². The van der Waals surface area contributed by atoms with Crippen molar-refractivity contribution >= 4 is 0 Å². The summed E-state index contributed by atoms with van der Waals surface area (Å²) in [4.78, 5) is 0. The van der Waals surface area contributed by atoms with Gasteiger partial charge in [-0.1, -0.05) is 12.2 Å². The zero-order chi connectivity index (χ0) is 8.81.